The summed E-state index contributed by atoms with van der Waals surface area (Å²) in [6.45, 7) is 0.534. The average molecular weight is 432 g/mol. The van der Waals surface area contributed by atoms with Crippen LogP contribution in [0.4, 0.5) is 10.1 Å². The number of aliphatic hydroxyl groups is 2. The Hall–Kier alpha value is -2.65. The van der Waals surface area contributed by atoms with E-state index in [9.17, 15) is 24.9 Å². The third kappa shape index (κ3) is 2.94. The first kappa shape index (κ1) is 20.3. The van der Waals surface area contributed by atoms with Gasteiger partial charge in [-0.05, 0) is 37.7 Å². The van der Waals surface area contributed by atoms with Gasteiger partial charge in [0.25, 0.3) is 0 Å². The van der Waals surface area contributed by atoms with E-state index < -0.39 is 28.4 Å². The molecule has 2 heterocycles. The lowest BCUT2D eigenvalue weighted by Crippen LogP contribution is -2.40. The number of fused-ring (bicyclic) bond motifs is 2. The van der Waals surface area contributed by atoms with E-state index in [1.54, 1.807) is 4.57 Å². The fraction of sp³-hybridized carbons (Fsp3) is 0.545. The molecular formula is C22H25FN2O6. The van der Waals surface area contributed by atoms with Crippen LogP contribution in [0.25, 0.3) is 10.9 Å². The van der Waals surface area contributed by atoms with Crippen molar-refractivity contribution in [2.75, 3.05) is 31.7 Å². The second kappa shape index (κ2) is 6.93. The molecule has 1 aromatic heterocycles. The molecule has 1 aromatic carbocycles. The third-order valence-corrected chi connectivity index (χ3v) is 7.24. The molecule has 31 heavy (non-hydrogen) atoms. The molecule has 0 bridgehead atoms. The Labute approximate surface area is 177 Å². The number of halogens is 1. The number of pyridine rings is 1. The van der Waals surface area contributed by atoms with Crippen LogP contribution < -0.4 is 15.1 Å². The predicted molar refractivity (Wildman–Crippen MR) is 110 cm³/mol. The molecule has 3 atom stereocenters. The Morgan fingerprint density at radius 3 is 2.68 bits per heavy atom. The first-order chi connectivity index (χ1) is 14.8. The molecule has 1 aliphatic heterocycles. The molecule has 2 aliphatic carbocycles. The highest BCUT2D eigenvalue weighted by molar-refractivity contribution is 5.97. The monoisotopic (exact) mass is 432 g/mol. The lowest BCUT2D eigenvalue weighted by atomic mass is 9.89. The van der Waals surface area contributed by atoms with Gasteiger partial charge in [0.1, 0.15) is 11.3 Å². The van der Waals surface area contributed by atoms with Crippen molar-refractivity contribution in [2.45, 2.75) is 37.3 Å². The third-order valence-electron chi connectivity index (χ3n) is 7.24. The highest BCUT2D eigenvalue weighted by Crippen LogP contribution is 2.49. The van der Waals surface area contributed by atoms with Crippen molar-refractivity contribution in [1.82, 2.24) is 4.57 Å². The van der Waals surface area contributed by atoms with E-state index >= 15 is 4.39 Å². The summed E-state index contributed by atoms with van der Waals surface area (Å²) in [4.78, 5) is 26.2. The number of nitrogens with zero attached hydrogens (tertiary/aromatic N) is 2. The van der Waals surface area contributed by atoms with Gasteiger partial charge in [0, 0.05) is 31.2 Å². The zero-order valence-electron chi connectivity index (χ0n) is 17.2. The number of ether oxygens (including phenoxy) is 1. The van der Waals surface area contributed by atoms with Gasteiger partial charge in [-0.15, -0.1) is 0 Å². The van der Waals surface area contributed by atoms with E-state index in [0.717, 1.165) is 25.3 Å². The number of rotatable bonds is 5. The molecule has 1 saturated heterocycles. The van der Waals surface area contributed by atoms with E-state index in [4.69, 9.17) is 4.74 Å². The van der Waals surface area contributed by atoms with E-state index in [-0.39, 0.29) is 41.3 Å². The van der Waals surface area contributed by atoms with Gasteiger partial charge in [-0.2, -0.15) is 0 Å². The van der Waals surface area contributed by atoms with Crippen molar-refractivity contribution in [3.05, 3.63) is 33.9 Å². The van der Waals surface area contributed by atoms with Gasteiger partial charge >= 0.3 is 5.97 Å². The zero-order chi connectivity index (χ0) is 22.1. The number of carbonyl (C=O) groups is 1. The van der Waals surface area contributed by atoms with Crippen LogP contribution in [-0.2, 0) is 0 Å². The van der Waals surface area contributed by atoms with Gasteiger partial charge in [0.15, 0.2) is 11.6 Å². The number of aromatic nitrogens is 1. The number of aromatic carboxylic acids is 1. The van der Waals surface area contributed by atoms with Crippen molar-refractivity contribution in [2.24, 2.45) is 11.8 Å². The van der Waals surface area contributed by atoms with Gasteiger partial charge in [-0.3, -0.25) is 4.79 Å². The Morgan fingerprint density at radius 2 is 2.06 bits per heavy atom. The number of anilines is 1. The lowest BCUT2D eigenvalue weighted by molar-refractivity contribution is -0.0432. The summed E-state index contributed by atoms with van der Waals surface area (Å²) in [7, 11) is 1.41. The van der Waals surface area contributed by atoms with Gasteiger partial charge in [0.05, 0.1) is 30.2 Å². The summed E-state index contributed by atoms with van der Waals surface area (Å²) < 4.78 is 22.8. The largest absolute Gasteiger partial charge is 0.492 e. The summed E-state index contributed by atoms with van der Waals surface area (Å²) in [5.74, 6) is -1.88. The molecule has 3 N–H and O–H groups in total. The Kier molecular flexibility index (Phi) is 4.53. The predicted octanol–water partition coefficient (Wildman–Crippen LogP) is 1.75. The smallest absolute Gasteiger partial charge is 0.341 e. The molecule has 0 radical (unpaired) electrons. The number of methoxy groups -OCH3 is 1. The van der Waals surface area contributed by atoms with Crippen molar-refractivity contribution in [3.8, 4) is 5.75 Å². The standard InChI is InChI=1S/C22H25FN2O6/c1-31-20-17-13(19(27)14(21(28)29)8-25(17)12-2-3-12)6-16(23)18(20)24-7-11-4-5-22(30,10-26)15(11)9-24/h6,8,11-12,15,26,30H,2-5,7,9-10H2,1H3,(H,28,29)/t11?,15?,22-/m1/s1. The highest BCUT2D eigenvalue weighted by atomic mass is 19.1. The number of hydrogen-bond acceptors (Lipinski definition) is 6. The van der Waals surface area contributed by atoms with Crippen LogP contribution >= 0.6 is 0 Å². The van der Waals surface area contributed by atoms with E-state index in [2.05, 4.69) is 0 Å². The summed E-state index contributed by atoms with van der Waals surface area (Å²) in [6.07, 6.45) is 4.26. The van der Waals surface area contributed by atoms with Crippen LogP contribution in [0.2, 0.25) is 0 Å². The summed E-state index contributed by atoms with van der Waals surface area (Å²) in [6, 6.07) is 1.14. The Morgan fingerprint density at radius 1 is 1.32 bits per heavy atom. The first-order valence-electron chi connectivity index (χ1n) is 10.6. The number of carboxylic acids is 1. The van der Waals surface area contributed by atoms with Crippen LogP contribution in [0.1, 0.15) is 42.1 Å². The number of aliphatic hydroxyl groups excluding tert-OH is 1. The molecular weight excluding hydrogens is 407 g/mol. The van der Waals surface area contributed by atoms with Crippen molar-refractivity contribution in [1.29, 1.82) is 0 Å². The summed E-state index contributed by atoms with van der Waals surface area (Å²) in [5, 5.41) is 29.9. The molecule has 3 fully saturated rings. The second-order valence-corrected chi connectivity index (χ2v) is 9.02. The average Bonchev–Trinajstić information content (AvgIpc) is 3.42. The fourth-order valence-electron chi connectivity index (χ4n) is 5.50. The van der Waals surface area contributed by atoms with Crippen LogP contribution in [0.15, 0.2) is 17.1 Å². The maximum Gasteiger partial charge on any atom is 0.341 e. The minimum Gasteiger partial charge on any atom is -0.492 e. The maximum atomic E-state index is 15.4. The molecule has 166 valence electrons. The van der Waals surface area contributed by atoms with Gasteiger partial charge in [-0.1, -0.05) is 0 Å². The highest BCUT2D eigenvalue weighted by Gasteiger charge is 2.52. The molecule has 0 spiro atoms. The van der Waals surface area contributed by atoms with Crippen LogP contribution in [0.5, 0.6) is 5.75 Å². The topological polar surface area (TPSA) is 112 Å². The van der Waals surface area contributed by atoms with E-state index in [1.807, 2.05) is 4.90 Å². The van der Waals surface area contributed by atoms with Gasteiger partial charge < -0.3 is 29.5 Å². The lowest BCUT2D eigenvalue weighted by Gasteiger charge is -2.29. The Bertz CT molecular complexity index is 1140. The molecule has 8 nitrogen and oxygen atoms in total. The van der Waals surface area contributed by atoms with Crippen LogP contribution in [0, 0.1) is 17.7 Å². The molecule has 2 aromatic rings. The molecule has 2 saturated carbocycles. The quantitative estimate of drug-likeness (QED) is 0.660. The van der Waals surface area contributed by atoms with Gasteiger partial charge in [0.2, 0.25) is 5.43 Å². The Balaban J connectivity index is 1.70. The van der Waals surface area contributed by atoms with Crippen LogP contribution in [-0.4, -0.2) is 58.3 Å². The zero-order valence-corrected chi connectivity index (χ0v) is 17.2. The molecule has 2 unspecified atom stereocenters. The number of carboxylic acid groups (broad SMARTS) is 1. The number of benzene rings is 1. The molecule has 9 heteroatoms. The maximum absolute atomic E-state index is 15.4. The number of hydrogen-bond donors (Lipinski definition) is 3. The van der Waals surface area contributed by atoms with E-state index in [0.29, 0.717) is 25.0 Å². The fourth-order valence-corrected chi connectivity index (χ4v) is 5.50. The SMILES string of the molecule is COc1c(N2CC3CC[C@@](O)(CO)C3C2)c(F)cc2c(=O)c(C(=O)O)cn(C3CC3)c12. The molecule has 5 rings (SSSR count). The van der Waals surface area contributed by atoms with Crippen molar-refractivity contribution in [3.63, 3.8) is 0 Å². The summed E-state index contributed by atoms with van der Waals surface area (Å²) >= 11 is 0. The van der Waals surface area contributed by atoms with Crippen LogP contribution in [0.3, 0.4) is 0 Å². The summed E-state index contributed by atoms with van der Waals surface area (Å²) in [5.41, 5.74) is -1.70. The minimum absolute atomic E-state index is 0.0174. The normalized spacial score (nSPS) is 27.7. The van der Waals surface area contributed by atoms with Crippen molar-refractivity contribution >= 4 is 22.6 Å². The van der Waals surface area contributed by atoms with Crippen molar-refractivity contribution < 1.29 is 29.2 Å². The molecule has 0 amide bonds. The first-order valence-corrected chi connectivity index (χ1v) is 10.6. The minimum atomic E-state index is -1.35. The van der Waals surface area contributed by atoms with E-state index in [1.165, 1.54) is 13.3 Å². The van der Waals surface area contributed by atoms with Gasteiger partial charge in [-0.25, -0.2) is 9.18 Å². The molecule has 3 aliphatic rings. The second-order valence-electron chi connectivity index (χ2n) is 9.02.